The lowest BCUT2D eigenvalue weighted by molar-refractivity contribution is 0.252. The maximum Gasteiger partial charge on any atom is 0.165 e. The van der Waals surface area contributed by atoms with Crippen molar-refractivity contribution in [2.24, 2.45) is 5.73 Å². The second kappa shape index (κ2) is 3.94. The number of ether oxygens (including phenoxy) is 2. The van der Waals surface area contributed by atoms with Gasteiger partial charge in [0.25, 0.3) is 0 Å². The van der Waals surface area contributed by atoms with Crippen LogP contribution < -0.4 is 15.2 Å². The van der Waals surface area contributed by atoms with Crippen molar-refractivity contribution in [3.8, 4) is 11.5 Å². The topological polar surface area (TPSA) is 44.5 Å². The van der Waals surface area contributed by atoms with E-state index < -0.39 is 0 Å². The fourth-order valence-corrected chi connectivity index (χ4v) is 2.23. The van der Waals surface area contributed by atoms with Crippen LogP contribution in [0.1, 0.15) is 18.0 Å². The lowest BCUT2D eigenvalue weighted by Gasteiger charge is -2.24. The summed E-state index contributed by atoms with van der Waals surface area (Å²) in [6, 6.07) is 4.09. The highest BCUT2D eigenvalue weighted by molar-refractivity contribution is 14.1. The predicted octanol–water partition coefficient (Wildman–Crippen LogP) is 2.08. The molecule has 3 nitrogen and oxygen atoms in total. The van der Waals surface area contributed by atoms with E-state index in [1.165, 1.54) is 0 Å². The summed E-state index contributed by atoms with van der Waals surface area (Å²) >= 11 is 2.25. The first-order chi connectivity index (χ1) is 6.72. The molecule has 1 heterocycles. The van der Waals surface area contributed by atoms with E-state index in [1.807, 2.05) is 6.07 Å². The molecule has 0 radical (unpaired) electrons. The van der Waals surface area contributed by atoms with Crippen LogP contribution in [0, 0.1) is 3.57 Å². The van der Waals surface area contributed by atoms with Gasteiger partial charge in [0.15, 0.2) is 11.5 Å². The van der Waals surface area contributed by atoms with Gasteiger partial charge in [-0.05, 0) is 34.7 Å². The van der Waals surface area contributed by atoms with Crippen LogP contribution in [0.15, 0.2) is 12.1 Å². The molecule has 2 rings (SSSR count). The summed E-state index contributed by atoms with van der Waals surface area (Å²) in [5, 5.41) is 0. The highest BCUT2D eigenvalue weighted by Gasteiger charge is 2.22. The Labute approximate surface area is 96.7 Å². The summed E-state index contributed by atoms with van der Waals surface area (Å²) in [5.74, 6) is 1.59. The first-order valence-corrected chi connectivity index (χ1v) is 5.56. The van der Waals surface area contributed by atoms with E-state index in [0.29, 0.717) is 6.61 Å². The molecule has 1 aliphatic heterocycles. The maximum atomic E-state index is 6.00. The van der Waals surface area contributed by atoms with Gasteiger partial charge in [0, 0.05) is 21.6 Å². The van der Waals surface area contributed by atoms with Gasteiger partial charge in [0.1, 0.15) is 0 Å². The van der Waals surface area contributed by atoms with Gasteiger partial charge >= 0.3 is 0 Å². The molecule has 0 fully saturated rings. The molecule has 4 heteroatoms. The van der Waals surface area contributed by atoms with E-state index in [2.05, 4.69) is 28.7 Å². The normalized spacial score (nSPS) is 19.8. The number of benzene rings is 1. The maximum absolute atomic E-state index is 6.00. The van der Waals surface area contributed by atoms with Crippen molar-refractivity contribution in [2.45, 2.75) is 12.5 Å². The van der Waals surface area contributed by atoms with Crippen LogP contribution in [-0.2, 0) is 0 Å². The van der Waals surface area contributed by atoms with Crippen molar-refractivity contribution in [1.29, 1.82) is 0 Å². The zero-order valence-electron chi connectivity index (χ0n) is 7.92. The molecule has 0 spiro atoms. The summed E-state index contributed by atoms with van der Waals surface area (Å²) in [7, 11) is 1.65. The Hall–Kier alpha value is -0.490. The summed E-state index contributed by atoms with van der Waals surface area (Å²) in [4.78, 5) is 0. The van der Waals surface area contributed by atoms with E-state index in [0.717, 1.165) is 27.1 Å². The Balaban J connectivity index is 2.54. The van der Waals surface area contributed by atoms with Gasteiger partial charge in [-0.1, -0.05) is 0 Å². The summed E-state index contributed by atoms with van der Waals surface area (Å²) < 4.78 is 11.9. The largest absolute Gasteiger partial charge is 0.493 e. The third kappa shape index (κ3) is 1.68. The lowest BCUT2D eigenvalue weighted by atomic mass is 10.0. The Morgan fingerprint density at radius 3 is 3.07 bits per heavy atom. The predicted molar refractivity (Wildman–Crippen MR) is 62.8 cm³/mol. The molecule has 1 aromatic carbocycles. The zero-order chi connectivity index (χ0) is 10.1. The molecule has 0 saturated carbocycles. The van der Waals surface area contributed by atoms with Crippen LogP contribution in [0.5, 0.6) is 11.5 Å². The summed E-state index contributed by atoms with van der Waals surface area (Å²) in [6.07, 6.45) is 0.871. The fraction of sp³-hybridized carbons (Fsp3) is 0.400. The first kappa shape index (κ1) is 10.0. The SMILES string of the molecule is COc1cc(I)cc2c1OCCC2N. The van der Waals surface area contributed by atoms with Crippen LogP contribution in [0.2, 0.25) is 0 Å². The third-order valence-electron chi connectivity index (χ3n) is 2.34. The highest BCUT2D eigenvalue weighted by atomic mass is 127. The number of fused-ring (bicyclic) bond motifs is 1. The molecule has 0 amide bonds. The molecule has 0 saturated heterocycles. The molecular formula is C10H12INO2. The standard InChI is InChI=1S/C10H12INO2/c1-13-9-5-6(11)4-7-8(12)2-3-14-10(7)9/h4-5,8H,2-3,12H2,1H3. The minimum atomic E-state index is 0.0716. The van der Waals surface area contributed by atoms with Gasteiger partial charge < -0.3 is 15.2 Å². The minimum Gasteiger partial charge on any atom is -0.493 e. The Morgan fingerprint density at radius 2 is 2.36 bits per heavy atom. The van der Waals surface area contributed by atoms with E-state index >= 15 is 0 Å². The molecule has 2 N–H and O–H groups in total. The van der Waals surface area contributed by atoms with Gasteiger partial charge in [-0.25, -0.2) is 0 Å². The van der Waals surface area contributed by atoms with Crippen molar-refractivity contribution in [3.63, 3.8) is 0 Å². The monoisotopic (exact) mass is 305 g/mol. The van der Waals surface area contributed by atoms with Crippen molar-refractivity contribution in [3.05, 3.63) is 21.3 Å². The molecule has 76 valence electrons. The summed E-state index contributed by atoms with van der Waals surface area (Å²) in [6.45, 7) is 0.672. The Morgan fingerprint density at radius 1 is 1.57 bits per heavy atom. The van der Waals surface area contributed by atoms with Crippen LogP contribution in [0.4, 0.5) is 0 Å². The van der Waals surface area contributed by atoms with Gasteiger partial charge in [0.05, 0.1) is 13.7 Å². The van der Waals surface area contributed by atoms with Gasteiger partial charge in [-0.3, -0.25) is 0 Å². The van der Waals surface area contributed by atoms with Gasteiger partial charge in [-0.15, -0.1) is 0 Å². The van der Waals surface area contributed by atoms with E-state index in [4.69, 9.17) is 15.2 Å². The molecule has 1 unspecified atom stereocenters. The van der Waals surface area contributed by atoms with Crippen molar-refractivity contribution in [1.82, 2.24) is 0 Å². The van der Waals surface area contributed by atoms with Crippen LogP contribution >= 0.6 is 22.6 Å². The number of nitrogens with two attached hydrogens (primary N) is 1. The number of rotatable bonds is 1. The average molecular weight is 305 g/mol. The summed E-state index contributed by atoms with van der Waals surface area (Å²) in [5.41, 5.74) is 7.06. The Bertz CT molecular complexity index is 354. The number of halogens is 1. The van der Waals surface area contributed by atoms with Crippen molar-refractivity contribution in [2.75, 3.05) is 13.7 Å². The third-order valence-corrected chi connectivity index (χ3v) is 2.97. The van der Waals surface area contributed by atoms with E-state index in [1.54, 1.807) is 7.11 Å². The van der Waals surface area contributed by atoms with E-state index in [-0.39, 0.29) is 6.04 Å². The smallest absolute Gasteiger partial charge is 0.165 e. The Kier molecular flexibility index (Phi) is 2.83. The minimum absolute atomic E-state index is 0.0716. The fourth-order valence-electron chi connectivity index (χ4n) is 1.61. The molecular weight excluding hydrogens is 293 g/mol. The zero-order valence-corrected chi connectivity index (χ0v) is 10.1. The molecule has 1 aromatic rings. The molecule has 1 aliphatic rings. The number of hydrogen-bond donors (Lipinski definition) is 1. The molecule has 14 heavy (non-hydrogen) atoms. The quantitative estimate of drug-likeness (QED) is 0.808. The molecule has 0 bridgehead atoms. The first-order valence-electron chi connectivity index (χ1n) is 4.48. The molecule has 0 aromatic heterocycles. The second-order valence-corrected chi connectivity index (χ2v) is 4.52. The van der Waals surface area contributed by atoms with Crippen molar-refractivity contribution < 1.29 is 9.47 Å². The average Bonchev–Trinajstić information content (AvgIpc) is 2.18. The van der Waals surface area contributed by atoms with E-state index in [9.17, 15) is 0 Å². The van der Waals surface area contributed by atoms with Gasteiger partial charge in [-0.2, -0.15) is 0 Å². The van der Waals surface area contributed by atoms with Crippen molar-refractivity contribution >= 4 is 22.6 Å². The van der Waals surface area contributed by atoms with Crippen LogP contribution in [0.25, 0.3) is 0 Å². The molecule has 1 atom stereocenters. The van der Waals surface area contributed by atoms with Crippen LogP contribution in [0.3, 0.4) is 0 Å². The van der Waals surface area contributed by atoms with Crippen LogP contribution in [-0.4, -0.2) is 13.7 Å². The molecule has 0 aliphatic carbocycles. The number of methoxy groups -OCH3 is 1. The number of hydrogen-bond acceptors (Lipinski definition) is 3. The highest BCUT2D eigenvalue weighted by Crippen LogP contribution is 2.39. The second-order valence-electron chi connectivity index (χ2n) is 3.27. The lowest BCUT2D eigenvalue weighted by Crippen LogP contribution is -2.21. The van der Waals surface area contributed by atoms with Gasteiger partial charge in [0.2, 0.25) is 0 Å².